The van der Waals surface area contributed by atoms with E-state index < -0.39 is 0 Å². The van der Waals surface area contributed by atoms with Crippen LogP contribution in [0.25, 0.3) is 0 Å². The Morgan fingerprint density at radius 1 is 0.833 bits per heavy atom. The molecule has 24 heavy (non-hydrogen) atoms. The molecule has 0 bridgehead atoms. The maximum atomic E-state index is 11.9. The number of hydrogen-bond donors (Lipinski definition) is 1. The first kappa shape index (κ1) is 16.7. The topological polar surface area (TPSA) is 49.6 Å². The molecule has 1 aliphatic rings. The minimum atomic E-state index is -0.201. The molecule has 0 radical (unpaired) electrons. The molecule has 2 N–H and O–H groups in total. The molecule has 0 spiro atoms. The Balaban J connectivity index is 1.67. The molecule has 0 saturated carbocycles. The molecule has 1 amide bonds. The minimum absolute atomic E-state index is 0.125. The zero-order valence-electron chi connectivity index (χ0n) is 14.0. The van der Waals surface area contributed by atoms with Crippen LogP contribution in [0.5, 0.6) is 0 Å². The average Bonchev–Trinajstić information content (AvgIpc) is 2.79. The maximum Gasteiger partial charge on any atom is 0.223 e. The standard InChI is InChI=1S/C20H25N3O/c21-20(24)19-15-22(13-17-7-3-1-4-8-17)11-12-23(16-19)14-18-9-5-2-6-10-18/h1-10,19H,11-16H2,(H2,21,24). The minimum Gasteiger partial charge on any atom is -0.369 e. The van der Waals surface area contributed by atoms with E-state index in [1.807, 2.05) is 12.1 Å². The molecule has 0 unspecified atom stereocenters. The molecular formula is C20H25N3O. The van der Waals surface area contributed by atoms with Crippen molar-refractivity contribution in [2.75, 3.05) is 26.2 Å². The Bertz CT molecular complexity index is 593. The summed E-state index contributed by atoms with van der Waals surface area (Å²) in [4.78, 5) is 16.6. The van der Waals surface area contributed by atoms with Crippen LogP contribution in [0.15, 0.2) is 60.7 Å². The Hall–Kier alpha value is -2.17. The molecule has 1 aliphatic heterocycles. The van der Waals surface area contributed by atoms with Crippen LogP contribution in [-0.2, 0) is 17.9 Å². The van der Waals surface area contributed by atoms with Gasteiger partial charge in [-0.3, -0.25) is 14.6 Å². The van der Waals surface area contributed by atoms with Gasteiger partial charge in [0.05, 0.1) is 5.92 Å². The lowest BCUT2D eigenvalue weighted by Gasteiger charge is -2.22. The molecule has 1 fully saturated rings. The van der Waals surface area contributed by atoms with Crippen molar-refractivity contribution in [3.05, 3.63) is 71.8 Å². The van der Waals surface area contributed by atoms with Crippen molar-refractivity contribution in [1.82, 2.24) is 9.80 Å². The van der Waals surface area contributed by atoms with E-state index in [1.165, 1.54) is 11.1 Å². The molecular weight excluding hydrogens is 298 g/mol. The normalized spacial score (nSPS) is 17.5. The fourth-order valence-corrected chi connectivity index (χ4v) is 3.30. The second-order valence-electron chi connectivity index (χ2n) is 6.54. The third-order valence-corrected chi connectivity index (χ3v) is 4.59. The quantitative estimate of drug-likeness (QED) is 0.917. The number of carbonyl (C=O) groups is 1. The number of benzene rings is 2. The van der Waals surface area contributed by atoms with Crippen LogP contribution >= 0.6 is 0 Å². The fourth-order valence-electron chi connectivity index (χ4n) is 3.30. The van der Waals surface area contributed by atoms with Gasteiger partial charge in [0.25, 0.3) is 0 Å². The fraction of sp³-hybridized carbons (Fsp3) is 0.350. The molecule has 0 aliphatic carbocycles. The van der Waals surface area contributed by atoms with Crippen LogP contribution in [0.4, 0.5) is 0 Å². The van der Waals surface area contributed by atoms with Gasteiger partial charge >= 0.3 is 0 Å². The van der Waals surface area contributed by atoms with Crippen LogP contribution < -0.4 is 5.73 Å². The number of nitrogens with zero attached hydrogens (tertiary/aromatic N) is 2. The number of nitrogens with two attached hydrogens (primary N) is 1. The van der Waals surface area contributed by atoms with Gasteiger partial charge in [-0.05, 0) is 11.1 Å². The van der Waals surface area contributed by atoms with E-state index in [9.17, 15) is 4.79 Å². The third-order valence-electron chi connectivity index (χ3n) is 4.59. The highest BCUT2D eigenvalue weighted by Crippen LogP contribution is 2.15. The van der Waals surface area contributed by atoms with Crippen LogP contribution in [0, 0.1) is 5.92 Å². The Morgan fingerprint density at radius 2 is 1.25 bits per heavy atom. The molecule has 0 atom stereocenters. The lowest BCUT2D eigenvalue weighted by Crippen LogP contribution is -2.38. The molecule has 2 aromatic rings. The van der Waals surface area contributed by atoms with E-state index in [4.69, 9.17) is 5.73 Å². The zero-order valence-corrected chi connectivity index (χ0v) is 14.0. The van der Waals surface area contributed by atoms with Crippen molar-refractivity contribution in [2.45, 2.75) is 13.1 Å². The van der Waals surface area contributed by atoms with Gasteiger partial charge in [-0.15, -0.1) is 0 Å². The SMILES string of the molecule is NC(=O)C1CN(Cc2ccccc2)CCN(Cc2ccccc2)C1. The number of amides is 1. The third kappa shape index (κ3) is 4.66. The van der Waals surface area contributed by atoms with E-state index in [1.54, 1.807) is 0 Å². The maximum absolute atomic E-state index is 11.9. The van der Waals surface area contributed by atoms with E-state index in [0.717, 1.165) is 39.3 Å². The largest absolute Gasteiger partial charge is 0.369 e. The highest BCUT2D eigenvalue weighted by Gasteiger charge is 2.26. The second-order valence-corrected chi connectivity index (χ2v) is 6.54. The molecule has 4 nitrogen and oxygen atoms in total. The summed E-state index contributed by atoms with van der Waals surface area (Å²) in [5, 5.41) is 0. The first-order chi connectivity index (χ1) is 11.7. The summed E-state index contributed by atoms with van der Waals surface area (Å²) in [6.07, 6.45) is 0. The van der Waals surface area contributed by atoms with Crippen molar-refractivity contribution in [3.8, 4) is 0 Å². The van der Waals surface area contributed by atoms with Crippen molar-refractivity contribution in [2.24, 2.45) is 11.7 Å². The van der Waals surface area contributed by atoms with Gasteiger partial charge in [0.1, 0.15) is 0 Å². The molecule has 1 saturated heterocycles. The smallest absolute Gasteiger partial charge is 0.223 e. The first-order valence-electron chi connectivity index (χ1n) is 8.52. The number of carbonyl (C=O) groups excluding carboxylic acids is 1. The number of rotatable bonds is 5. The summed E-state index contributed by atoms with van der Waals surface area (Å²) in [5.74, 6) is -0.326. The van der Waals surface area contributed by atoms with Crippen LogP contribution in [0.3, 0.4) is 0 Å². The second kappa shape index (κ2) is 8.08. The molecule has 3 rings (SSSR count). The summed E-state index contributed by atoms with van der Waals surface area (Å²) in [7, 11) is 0. The van der Waals surface area contributed by atoms with Crippen LogP contribution in [0.2, 0.25) is 0 Å². The molecule has 126 valence electrons. The highest BCUT2D eigenvalue weighted by atomic mass is 16.1. The van der Waals surface area contributed by atoms with E-state index >= 15 is 0 Å². The molecule has 1 heterocycles. The summed E-state index contributed by atoms with van der Waals surface area (Å²) in [5.41, 5.74) is 8.21. The van der Waals surface area contributed by atoms with Crippen molar-refractivity contribution in [3.63, 3.8) is 0 Å². The first-order valence-corrected chi connectivity index (χ1v) is 8.52. The Kier molecular flexibility index (Phi) is 5.62. The van der Waals surface area contributed by atoms with E-state index in [-0.39, 0.29) is 11.8 Å². The van der Waals surface area contributed by atoms with Gasteiger partial charge in [-0.2, -0.15) is 0 Å². The van der Waals surface area contributed by atoms with Gasteiger partial charge in [0.15, 0.2) is 0 Å². The molecule has 0 aromatic heterocycles. The summed E-state index contributed by atoms with van der Waals surface area (Å²) < 4.78 is 0. The predicted molar refractivity (Wildman–Crippen MR) is 96.1 cm³/mol. The van der Waals surface area contributed by atoms with Crippen LogP contribution in [-0.4, -0.2) is 41.9 Å². The van der Waals surface area contributed by atoms with Gasteiger partial charge in [0, 0.05) is 39.3 Å². The van der Waals surface area contributed by atoms with E-state index in [2.05, 4.69) is 58.3 Å². The average molecular weight is 323 g/mol. The van der Waals surface area contributed by atoms with Crippen molar-refractivity contribution >= 4 is 5.91 Å². The summed E-state index contributed by atoms with van der Waals surface area (Å²) in [6.45, 7) is 5.09. The number of primary amides is 1. The molecule has 4 heteroatoms. The van der Waals surface area contributed by atoms with Gasteiger partial charge < -0.3 is 5.73 Å². The number of hydrogen-bond acceptors (Lipinski definition) is 3. The van der Waals surface area contributed by atoms with Crippen molar-refractivity contribution in [1.29, 1.82) is 0 Å². The Morgan fingerprint density at radius 3 is 1.62 bits per heavy atom. The summed E-state index contributed by atoms with van der Waals surface area (Å²) in [6, 6.07) is 20.8. The predicted octanol–water partition coefficient (Wildman–Crippen LogP) is 2.11. The molecule has 2 aromatic carbocycles. The Labute approximate surface area is 143 Å². The van der Waals surface area contributed by atoms with Gasteiger partial charge in [0.2, 0.25) is 5.91 Å². The van der Waals surface area contributed by atoms with Gasteiger partial charge in [-0.25, -0.2) is 0 Å². The highest BCUT2D eigenvalue weighted by molar-refractivity contribution is 5.77. The zero-order chi connectivity index (χ0) is 16.8. The van der Waals surface area contributed by atoms with E-state index in [0.29, 0.717) is 0 Å². The van der Waals surface area contributed by atoms with Crippen molar-refractivity contribution < 1.29 is 4.79 Å². The lowest BCUT2D eigenvalue weighted by atomic mass is 10.1. The lowest BCUT2D eigenvalue weighted by molar-refractivity contribution is -0.122. The van der Waals surface area contributed by atoms with Crippen LogP contribution in [0.1, 0.15) is 11.1 Å². The summed E-state index contributed by atoms with van der Waals surface area (Å²) >= 11 is 0. The van der Waals surface area contributed by atoms with Gasteiger partial charge in [-0.1, -0.05) is 60.7 Å². The monoisotopic (exact) mass is 323 g/mol.